The molecule has 0 atom stereocenters. The van der Waals surface area contributed by atoms with Gasteiger partial charge in [0.25, 0.3) is 0 Å². The molecule has 0 spiro atoms. The summed E-state index contributed by atoms with van der Waals surface area (Å²) in [6, 6.07) is 0. The van der Waals surface area contributed by atoms with Crippen LogP contribution < -0.4 is 5.32 Å². The fraction of sp³-hybridized carbons (Fsp3) is 0.833. The summed E-state index contributed by atoms with van der Waals surface area (Å²) in [5.74, 6) is -0.427. The number of nitrogens with one attached hydrogen (secondary N) is 1. The summed E-state index contributed by atoms with van der Waals surface area (Å²) in [5.41, 5.74) is 0. The van der Waals surface area contributed by atoms with Crippen molar-refractivity contribution < 1.29 is 14.7 Å². The number of hydrogen-bond acceptors (Lipinski definition) is 3. The number of nitrogens with zero attached hydrogens (tertiary/aromatic N) is 1. The van der Waals surface area contributed by atoms with Crippen LogP contribution in [0.1, 0.15) is 33.6 Å². The first-order valence-electron chi connectivity index (χ1n) is 6.16. The molecule has 0 heterocycles. The summed E-state index contributed by atoms with van der Waals surface area (Å²) in [6.07, 6.45) is 0.995. The highest BCUT2D eigenvalue weighted by atomic mass is 16.4. The van der Waals surface area contributed by atoms with E-state index < -0.39 is 5.97 Å². The van der Waals surface area contributed by atoms with Crippen molar-refractivity contribution in [2.24, 2.45) is 5.92 Å². The van der Waals surface area contributed by atoms with E-state index in [1.807, 2.05) is 25.7 Å². The fourth-order valence-corrected chi connectivity index (χ4v) is 1.42. The molecule has 0 saturated heterocycles. The van der Waals surface area contributed by atoms with E-state index in [1.54, 1.807) is 0 Å². The van der Waals surface area contributed by atoms with Crippen LogP contribution >= 0.6 is 0 Å². The highest BCUT2D eigenvalue weighted by molar-refractivity contribution is 5.78. The summed E-state index contributed by atoms with van der Waals surface area (Å²) in [7, 11) is 0. The Balaban J connectivity index is 3.96. The van der Waals surface area contributed by atoms with Crippen LogP contribution in [-0.4, -0.2) is 48.1 Å². The summed E-state index contributed by atoms with van der Waals surface area (Å²) in [4.78, 5) is 23.9. The van der Waals surface area contributed by atoms with Gasteiger partial charge in [-0.1, -0.05) is 20.8 Å². The topological polar surface area (TPSA) is 69.6 Å². The first kappa shape index (κ1) is 15.9. The van der Waals surface area contributed by atoms with Crippen LogP contribution in [-0.2, 0) is 9.59 Å². The van der Waals surface area contributed by atoms with Crippen molar-refractivity contribution in [3.8, 4) is 0 Å². The van der Waals surface area contributed by atoms with Gasteiger partial charge in [0.1, 0.15) is 0 Å². The molecule has 0 aliphatic heterocycles. The maximum Gasteiger partial charge on any atom is 0.304 e. The van der Waals surface area contributed by atoms with Gasteiger partial charge in [-0.2, -0.15) is 0 Å². The minimum absolute atomic E-state index is 0.0301. The van der Waals surface area contributed by atoms with E-state index in [4.69, 9.17) is 5.11 Å². The second-order valence-electron chi connectivity index (χ2n) is 4.62. The summed E-state index contributed by atoms with van der Waals surface area (Å²) in [6.45, 7) is 8.22. The van der Waals surface area contributed by atoms with E-state index in [9.17, 15) is 9.59 Å². The van der Waals surface area contributed by atoms with E-state index >= 15 is 0 Å². The predicted octanol–water partition coefficient (Wildman–Crippen LogP) is 0.945. The Labute approximate surface area is 103 Å². The first-order valence-corrected chi connectivity index (χ1v) is 6.16. The Hall–Kier alpha value is -1.10. The SMILES string of the molecule is CCCN(CCC(=O)O)CC(=O)NCC(C)C. The van der Waals surface area contributed by atoms with E-state index in [1.165, 1.54) is 0 Å². The molecule has 5 heteroatoms. The number of carbonyl (C=O) groups is 2. The van der Waals surface area contributed by atoms with Crippen LogP contribution in [0.4, 0.5) is 0 Å². The third-order valence-electron chi connectivity index (χ3n) is 2.26. The van der Waals surface area contributed by atoms with Crippen molar-refractivity contribution in [2.75, 3.05) is 26.2 Å². The minimum atomic E-state index is -0.825. The van der Waals surface area contributed by atoms with Gasteiger partial charge in [0.15, 0.2) is 0 Å². The molecular weight excluding hydrogens is 220 g/mol. The summed E-state index contributed by atoms with van der Waals surface area (Å²) < 4.78 is 0. The Bertz CT molecular complexity index is 242. The maximum absolute atomic E-state index is 11.6. The first-order chi connectivity index (χ1) is 7.95. The average Bonchev–Trinajstić information content (AvgIpc) is 2.23. The van der Waals surface area contributed by atoms with Gasteiger partial charge in [0.2, 0.25) is 5.91 Å². The fourth-order valence-electron chi connectivity index (χ4n) is 1.42. The molecule has 0 radical (unpaired) electrons. The lowest BCUT2D eigenvalue weighted by atomic mass is 10.2. The molecular formula is C12H24N2O3. The second-order valence-corrected chi connectivity index (χ2v) is 4.62. The molecule has 0 rings (SSSR count). The number of hydrogen-bond donors (Lipinski definition) is 2. The normalized spacial score (nSPS) is 10.9. The van der Waals surface area contributed by atoms with Crippen LogP contribution in [0.2, 0.25) is 0 Å². The van der Waals surface area contributed by atoms with Crippen molar-refractivity contribution in [3.63, 3.8) is 0 Å². The standard InChI is InChI=1S/C12H24N2O3/c1-4-6-14(7-5-12(16)17)9-11(15)13-8-10(2)3/h10H,4-9H2,1-3H3,(H,13,15)(H,16,17). The molecule has 5 nitrogen and oxygen atoms in total. The highest BCUT2D eigenvalue weighted by Gasteiger charge is 2.11. The smallest absolute Gasteiger partial charge is 0.304 e. The molecule has 100 valence electrons. The molecule has 0 aromatic rings. The predicted molar refractivity (Wildman–Crippen MR) is 66.8 cm³/mol. The Kier molecular flexibility index (Phi) is 8.40. The van der Waals surface area contributed by atoms with Gasteiger partial charge in [-0.15, -0.1) is 0 Å². The number of aliphatic carboxylic acids is 1. The zero-order chi connectivity index (χ0) is 13.3. The van der Waals surface area contributed by atoms with Crippen LogP contribution in [0.5, 0.6) is 0 Å². The van der Waals surface area contributed by atoms with Gasteiger partial charge in [-0.3, -0.25) is 14.5 Å². The van der Waals surface area contributed by atoms with Gasteiger partial charge in [-0.25, -0.2) is 0 Å². The van der Waals surface area contributed by atoms with Gasteiger partial charge < -0.3 is 10.4 Å². The van der Waals surface area contributed by atoms with Crippen LogP contribution in [0.25, 0.3) is 0 Å². The molecule has 17 heavy (non-hydrogen) atoms. The monoisotopic (exact) mass is 244 g/mol. The second kappa shape index (κ2) is 8.98. The van der Waals surface area contributed by atoms with Gasteiger partial charge in [0.05, 0.1) is 13.0 Å². The lowest BCUT2D eigenvalue weighted by Crippen LogP contribution is -2.39. The number of rotatable bonds is 9. The van der Waals surface area contributed by atoms with E-state index in [-0.39, 0.29) is 18.9 Å². The average molecular weight is 244 g/mol. The molecule has 2 N–H and O–H groups in total. The largest absolute Gasteiger partial charge is 0.481 e. The van der Waals surface area contributed by atoms with Gasteiger partial charge in [-0.05, 0) is 18.9 Å². The van der Waals surface area contributed by atoms with Crippen LogP contribution in [0, 0.1) is 5.92 Å². The number of carboxylic acid groups (broad SMARTS) is 1. The van der Waals surface area contributed by atoms with Crippen molar-refractivity contribution in [3.05, 3.63) is 0 Å². The lowest BCUT2D eigenvalue weighted by Gasteiger charge is -2.20. The van der Waals surface area contributed by atoms with Crippen molar-refractivity contribution in [1.82, 2.24) is 10.2 Å². The van der Waals surface area contributed by atoms with Gasteiger partial charge >= 0.3 is 5.97 Å². The van der Waals surface area contributed by atoms with Crippen molar-refractivity contribution >= 4 is 11.9 Å². The van der Waals surface area contributed by atoms with E-state index in [0.29, 0.717) is 19.0 Å². The number of carboxylic acids is 1. The van der Waals surface area contributed by atoms with Crippen LogP contribution in [0.3, 0.4) is 0 Å². The van der Waals surface area contributed by atoms with Crippen molar-refractivity contribution in [1.29, 1.82) is 0 Å². The molecule has 0 saturated carbocycles. The Morgan fingerprint density at radius 2 is 1.94 bits per heavy atom. The Morgan fingerprint density at radius 3 is 2.41 bits per heavy atom. The van der Waals surface area contributed by atoms with E-state index in [2.05, 4.69) is 5.32 Å². The quantitative estimate of drug-likeness (QED) is 0.633. The molecule has 0 fully saturated rings. The zero-order valence-electron chi connectivity index (χ0n) is 11.0. The molecule has 0 aromatic heterocycles. The molecule has 0 aliphatic carbocycles. The van der Waals surface area contributed by atoms with Crippen molar-refractivity contribution in [2.45, 2.75) is 33.6 Å². The maximum atomic E-state index is 11.6. The Morgan fingerprint density at radius 1 is 1.29 bits per heavy atom. The summed E-state index contributed by atoms with van der Waals surface area (Å²) in [5, 5.41) is 11.4. The highest BCUT2D eigenvalue weighted by Crippen LogP contribution is 1.95. The van der Waals surface area contributed by atoms with E-state index in [0.717, 1.165) is 13.0 Å². The number of carbonyl (C=O) groups excluding carboxylic acids is 1. The zero-order valence-corrected chi connectivity index (χ0v) is 11.0. The molecule has 1 amide bonds. The van der Waals surface area contributed by atoms with Crippen LogP contribution in [0.15, 0.2) is 0 Å². The molecule has 0 aliphatic rings. The van der Waals surface area contributed by atoms with Gasteiger partial charge in [0, 0.05) is 13.1 Å². The lowest BCUT2D eigenvalue weighted by molar-refractivity contribution is -0.137. The third kappa shape index (κ3) is 9.81. The molecule has 0 unspecified atom stereocenters. The molecule has 0 aromatic carbocycles. The molecule has 0 bridgehead atoms. The number of amides is 1. The third-order valence-corrected chi connectivity index (χ3v) is 2.26. The summed E-state index contributed by atoms with van der Waals surface area (Å²) >= 11 is 0. The minimum Gasteiger partial charge on any atom is -0.481 e.